The molecule has 0 fully saturated rings. The lowest BCUT2D eigenvalue weighted by atomic mass is 10.0. The molecule has 1 amide bonds. The van der Waals surface area contributed by atoms with Crippen LogP contribution in [0.25, 0.3) is 10.9 Å². The van der Waals surface area contributed by atoms with Crippen molar-refractivity contribution in [3.63, 3.8) is 0 Å². The Morgan fingerprint density at radius 3 is 2.54 bits per heavy atom. The second-order valence-corrected chi connectivity index (χ2v) is 9.53. The zero-order chi connectivity index (χ0) is 27.6. The van der Waals surface area contributed by atoms with Gasteiger partial charge in [0.15, 0.2) is 0 Å². The number of hydrogen-bond donors (Lipinski definition) is 4. The molecular weight excluding hydrogens is 589 g/mol. The largest absolute Gasteiger partial charge is 0.457 e. The molecule has 1 heterocycles. The Morgan fingerprint density at radius 1 is 1.05 bits per heavy atom. The first-order valence-electron chi connectivity index (χ1n) is 12.7. The Hall–Kier alpha value is -2.95. The van der Waals surface area contributed by atoms with Gasteiger partial charge >= 0.3 is 0 Å². The molecule has 4 rings (SSSR count). The molecule has 1 aromatic heterocycles. The van der Waals surface area contributed by atoms with Crippen LogP contribution >= 0.6 is 36.4 Å². The summed E-state index contributed by atoms with van der Waals surface area (Å²) in [6.07, 6.45) is 1.49. The molecular formula is C30H34Cl3N3O5. The topological polar surface area (TPSA) is 113 Å². The van der Waals surface area contributed by atoms with E-state index < -0.39 is 6.10 Å². The number of pyridine rings is 1. The number of rotatable bonds is 13. The lowest BCUT2D eigenvalue weighted by Gasteiger charge is -2.19. The molecule has 0 aliphatic heterocycles. The molecule has 220 valence electrons. The normalized spacial score (nSPS) is 12.1. The van der Waals surface area contributed by atoms with Crippen molar-refractivity contribution < 1.29 is 24.5 Å². The minimum absolute atomic E-state index is 0. The van der Waals surface area contributed by atoms with E-state index in [-0.39, 0.29) is 43.4 Å². The summed E-state index contributed by atoms with van der Waals surface area (Å²) in [5.74, 6) is 1.09. The Kier molecular flexibility index (Phi) is 14.3. The van der Waals surface area contributed by atoms with Gasteiger partial charge in [-0.3, -0.25) is 9.78 Å². The summed E-state index contributed by atoms with van der Waals surface area (Å²) in [6.45, 7) is 1.09. The molecule has 0 aliphatic rings. The van der Waals surface area contributed by atoms with Crippen molar-refractivity contribution in [3.8, 4) is 11.5 Å². The average molecular weight is 623 g/mol. The quantitative estimate of drug-likeness (QED) is 0.153. The maximum atomic E-state index is 12.4. The third kappa shape index (κ3) is 9.83. The molecule has 0 bridgehead atoms. The highest BCUT2D eigenvalue weighted by Crippen LogP contribution is 2.29. The van der Waals surface area contributed by atoms with E-state index in [0.717, 1.165) is 16.5 Å². The van der Waals surface area contributed by atoms with Gasteiger partial charge in [-0.25, -0.2) is 0 Å². The van der Waals surface area contributed by atoms with E-state index in [1.165, 1.54) is 0 Å². The molecule has 0 saturated heterocycles. The molecule has 4 aromatic rings. The van der Waals surface area contributed by atoms with Crippen LogP contribution < -0.4 is 15.4 Å². The monoisotopic (exact) mass is 621 g/mol. The van der Waals surface area contributed by atoms with Crippen LogP contribution in [0.2, 0.25) is 5.02 Å². The highest BCUT2D eigenvalue weighted by Gasteiger charge is 2.14. The van der Waals surface area contributed by atoms with Gasteiger partial charge in [0.05, 0.1) is 24.8 Å². The summed E-state index contributed by atoms with van der Waals surface area (Å²) in [7, 11) is 1.59. The number of aliphatic hydroxyl groups excluding tert-OH is 2. The summed E-state index contributed by atoms with van der Waals surface area (Å²) in [5.41, 5.74) is 2.90. The summed E-state index contributed by atoms with van der Waals surface area (Å²) < 4.78 is 11.1. The minimum Gasteiger partial charge on any atom is -0.457 e. The van der Waals surface area contributed by atoms with Gasteiger partial charge in [-0.15, -0.1) is 24.8 Å². The number of carbonyl (C=O) groups is 1. The second-order valence-electron chi connectivity index (χ2n) is 9.10. The first kappa shape index (κ1) is 34.3. The number of amides is 1. The van der Waals surface area contributed by atoms with E-state index in [4.69, 9.17) is 21.1 Å². The first-order chi connectivity index (χ1) is 19.0. The number of fused-ring (bicyclic) bond motifs is 1. The number of carbonyl (C=O) groups excluding carboxylic acids is 1. The van der Waals surface area contributed by atoms with Crippen LogP contribution in [0, 0.1) is 0 Å². The van der Waals surface area contributed by atoms with Gasteiger partial charge < -0.3 is 30.3 Å². The van der Waals surface area contributed by atoms with E-state index in [0.29, 0.717) is 53.7 Å². The molecule has 0 radical (unpaired) electrons. The zero-order valence-electron chi connectivity index (χ0n) is 22.5. The van der Waals surface area contributed by atoms with Crippen LogP contribution in [0.3, 0.4) is 0 Å². The third-order valence-electron chi connectivity index (χ3n) is 6.24. The van der Waals surface area contributed by atoms with Crippen molar-refractivity contribution in [2.24, 2.45) is 0 Å². The van der Waals surface area contributed by atoms with E-state index in [2.05, 4.69) is 15.6 Å². The van der Waals surface area contributed by atoms with Crippen LogP contribution in [0.5, 0.6) is 11.5 Å². The number of hydrogen-bond acceptors (Lipinski definition) is 7. The van der Waals surface area contributed by atoms with Crippen LogP contribution in [0.1, 0.15) is 27.6 Å². The number of halogens is 3. The predicted molar refractivity (Wildman–Crippen MR) is 166 cm³/mol. The number of ether oxygens (including phenoxy) is 2. The first-order valence-corrected chi connectivity index (χ1v) is 13.0. The van der Waals surface area contributed by atoms with E-state index in [1.807, 2.05) is 36.4 Å². The summed E-state index contributed by atoms with van der Waals surface area (Å²) in [6, 6.07) is 21.6. The fraction of sp³-hybridized carbons (Fsp3) is 0.267. The number of nitrogens with one attached hydrogen (secondary N) is 2. The van der Waals surface area contributed by atoms with E-state index in [1.54, 1.807) is 49.7 Å². The number of methoxy groups -OCH3 is 1. The summed E-state index contributed by atoms with van der Waals surface area (Å²) >= 11 is 6.01. The molecule has 4 N–H and O–H groups in total. The van der Waals surface area contributed by atoms with Crippen molar-refractivity contribution in [3.05, 3.63) is 101 Å². The molecule has 3 aromatic carbocycles. The lowest BCUT2D eigenvalue weighted by Crippen LogP contribution is -2.37. The van der Waals surface area contributed by atoms with Gasteiger partial charge in [-0.05, 0) is 66.1 Å². The Bertz CT molecular complexity index is 1390. The van der Waals surface area contributed by atoms with Crippen molar-refractivity contribution in [1.29, 1.82) is 0 Å². The van der Waals surface area contributed by atoms with Crippen molar-refractivity contribution in [1.82, 2.24) is 15.6 Å². The van der Waals surface area contributed by atoms with Crippen molar-refractivity contribution in [2.75, 3.05) is 33.4 Å². The van der Waals surface area contributed by atoms with E-state index >= 15 is 0 Å². The second kappa shape index (κ2) is 17.1. The van der Waals surface area contributed by atoms with E-state index in [9.17, 15) is 15.0 Å². The Morgan fingerprint density at radius 2 is 1.83 bits per heavy atom. The summed E-state index contributed by atoms with van der Waals surface area (Å²) in [4.78, 5) is 16.8. The maximum Gasteiger partial charge on any atom is 0.251 e. The molecule has 41 heavy (non-hydrogen) atoms. The lowest BCUT2D eigenvalue weighted by molar-refractivity contribution is 0.0937. The molecule has 0 unspecified atom stereocenters. The fourth-order valence-corrected chi connectivity index (χ4v) is 4.34. The average Bonchev–Trinajstić information content (AvgIpc) is 2.96. The van der Waals surface area contributed by atoms with Crippen molar-refractivity contribution >= 4 is 53.2 Å². The van der Waals surface area contributed by atoms with Crippen LogP contribution in [0.15, 0.2) is 79.0 Å². The SMILES string of the molecule is COCCNC(=O)c1ccc2c(Oc3ccc(C[C@@H](CO)NC[C@@H](O)c4cccc(Cl)c4)cc3)ccnc2c1.Cl.Cl. The summed E-state index contributed by atoms with van der Waals surface area (Å²) in [5, 5.41) is 27.7. The molecule has 0 aliphatic carbocycles. The van der Waals surface area contributed by atoms with Crippen LogP contribution in [0.4, 0.5) is 0 Å². The van der Waals surface area contributed by atoms with Gasteiger partial charge in [-0.1, -0.05) is 35.9 Å². The van der Waals surface area contributed by atoms with Crippen LogP contribution in [-0.2, 0) is 11.2 Å². The van der Waals surface area contributed by atoms with Gasteiger partial charge in [0.2, 0.25) is 0 Å². The highest BCUT2D eigenvalue weighted by molar-refractivity contribution is 6.30. The van der Waals surface area contributed by atoms with Gasteiger partial charge in [0.25, 0.3) is 5.91 Å². The third-order valence-corrected chi connectivity index (χ3v) is 6.48. The molecule has 0 saturated carbocycles. The van der Waals surface area contributed by atoms with Gasteiger partial charge in [-0.2, -0.15) is 0 Å². The van der Waals surface area contributed by atoms with Crippen LogP contribution in [-0.4, -0.2) is 60.6 Å². The Balaban J connectivity index is 0.00000294. The minimum atomic E-state index is -0.732. The number of aromatic nitrogens is 1. The Labute approximate surface area is 256 Å². The maximum absolute atomic E-state index is 12.4. The highest BCUT2D eigenvalue weighted by atomic mass is 35.5. The number of nitrogens with zero attached hydrogens (tertiary/aromatic N) is 1. The number of aliphatic hydroxyl groups is 2. The van der Waals surface area contributed by atoms with Gasteiger partial charge in [0.1, 0.15) is 11.5 Å². The molecule has 0 spiro atoms. The molecule has 8 nitrogen and oxygen atoms in total. The van der Waals surface area contributed by atoms with Gasteiger partial charge in [0, 0.05) is 48.4 Å². The standard InChI is InChI=1S/C30H32ClN3O5.2ClH/c1-38-14-13-33-30(37)22-7-10-26-27(17-22)32-12-11-29(26)39-25-8-5-20(6-9-25)15-24(19-35)34-18-28(36)21-3-2-4-23(31)16-21;;/h2-12,16-17,24,28,34-36H,13-15,18-19H2,1H3,(H,33,37);2*1H/t24-,28+;;/m0../s1. The zero-order valence-corrected chi connectivity index (χ0v) is 24.8. The molecule has 2 atom stereocenters. The van der Waals surface area contributed by atoms with Crippen molar-refractivity contribution in [2.45, 2.75) is 18.6 Å². The number of benzene rings is 3. The smallest absolute Gasteiger partial charge is 0.251 e. The fourth-order valence-electron chi connectivity index (χ4n) is 4.14. The predicted octanol–water partition coefficient (Wildman–Crippen LogP) is 5.13. The molecule has 11 heteroatoms.